The van der Waals surface area contributed by atoms with Gasteiger partial charge in [-0.25, -0.2) is 4.79 Å². The maximum absolute atomic E-state index is 13.7. The highest BCUT2D eigenvalue weighted by atomic mass is 16.5. The number of hydrogen-bond donors (Lipinski definition) is 1. The molecule has 0 aliphatic heterocycles. The van der Waals surface area contributed by atoms with Crippen LogP contribution in [0.4, 0.5) is 0 Å². The van der Waals surface area contributed by atoms with Gasteiger partial charge in [-0.05, 0) is 43.9 Å². The lowest BCUT2D eigenvalue weighted by molar-refractivity contribution is -0.143. The van der Waals surface area contributed by atoms with Crippen LogP contribution in [0.3, 0.4) is 0 Å². The van der Waals surface area contributed by atoms with E-state index < -0.39 is 16.9 Å². The van der Waals surface area contributed by atoms with Crippen LogP contribution in [0, 0.1) is 22.7 Å². The van der Waals surface area contributed by atoms with Gasteiger partial charge in [0.05, 0.1) is 12.6 Å². The van der Waals surface area contributed by atoms with E-state index in [1.807, 2.05) is 48.5 Å². The summed E-state index contributed by atoms with van der Waals surface area (Å²) >= 11 is 0. The lowest BCUT2D eigenvalue weighted by Gasteiger charge is -2.39. The second-order valence-corrected chi connectivity index (χ2v) is 11.0. The van der Waals surface area contributed by atoms with E-state index in [0.717, 1.165) is 6.42 Å². The highest BCUT2D eigenvalue weighted by molar-refractivity contribution is 5.91. The number of esters is 1. The number of likely N-dealkylation sites (N-methyl/N-ethyl adjacent to an activating group) is 1. The van der Waals surface area contributed by atoms with E-state index >= 15 is 0 Å². The van der Waals surface area contributed by atoms with Crippen molar-refractivity contribution in [2.45, 2.75) is 101 Å². The number of carbonyl (C=O) groups excluding carboxylic acids is 3. The molecule has 0 spiro atoms. The molecule has 6 heteroatoms. The van der Waals surface area contributed by atoms with E-state index in [0.29, 0.717) is 24.5 Å². The van der Waals surface area contributed by atoms with Crippen molar-refractivity contribution in [2.75, 3.05) is 13.7 Å². The highest BCUT2D eigenvalue weighted by Gasteiger charge is 2.41. The Balaban J connectivity index is 5.96. The summed E-state index contributed by atoms with van der Waals surface area (Å²) < 4.78 is 5.09. The molecule has 0 aliphatic carbocycles. The predicted octanol–water partition coefficient (Wildman–Crippen LogP) is 4.97. The van der Waals surface area contributed by atoms with Crippen molar-refractivity contribution in [3.63, 3.8) is 0 Å². The molecule has 6 nitrogen and oxygen atoms in total. The first-order valence-corrected chi connectivity index (χ1v) is 11.9. The average molecular weight is 453 g/mol. The number of carbonyl (C=O) groups is 3. The van der Waals surface area contributed by atoms with Gasteiger partial charge >= 0.3 is 5.97 Å². The number of rotatable bonds is 11. The van der Waals surface area contributed by atoms with Crippen LogP contribution >= 0.6 is 0 Å². The Morgan fingerprint density at radius 1 is 1.03 bits per heavy atom. The second kappa shape index (κ2) is 12.4. The van der Waals surface area contributed by atoms with E-state index in [9.17, 15) is 14.4 Å². The van der Waals surface area contributed by atoms with Crippen LogP contribution < -0.4 is 5.32 Å². The smallest absolute Gasteiger partial charge is 0.333 e. The fourth-order valence-corrected chi connectivity index (χ4v) is 3.92. The largest absolute Gasteiger partial charge is 0.463 e. The molecule has 0 aliphatic rings. The van der Waals surface area contributed by atoms with Gasteiger partial charge in [0.1, 0.15) is 6.04 Å². The standard InChI is InChI=1S/C26H48N2O4/c1-13-26(11,16-17(3)4)24(31)27-21(25(8,9)10)22(29)28(12)20(18(5)6)15-19(7)23(30)32-14-2/h15,17-18,20-21H,13-14,16H2,1-12H3,(H,27,31)/b19-15+/t20-,21-,26?/m1/s1. The van der Waals surface area contributed by atoms with Crippen molar-refractivity contribution in [1.82, 2.24) is 10.2 Å². The monoisotopic (exact) mass is 452 g/mol. The van der Waals surface area contributed by atoms with Crippen LogP contribution in [-0.2, 0) is 19.1 Å². The third-order valence-electron chi connectivity index (χ3n) is 6.07. The van der Waals surface area contributed by atoms with Gasteiger partial charge in [0.25, 0.3) is 0 Å². The molecule has 0 radical (unpaired) electrons. The normalized spacial score (nSPS) is 16.4. The van der Waals surface area contributed by atoms with Crippen LogP contribution in [0.5, 0.6) is 0 Å². The predicted molar refractivity (Wildman–Crippen MR) is 131 cm³/mol. The fraction of sp³-hybridized carbons (Fsp3) is 0.808. The van der Waals surface area contributed by atoms with Gasteiger partial charge in [-0.15, -0.1) is 0 Å². The van der Waals surface area contributed by atoms with Crippen molar-refractivity contribution in [3.8, 4) is 0 Å². The van der Waals surface area contributed by atoms with E-state index in [2.05, 4.69) is 19.2 Å². The molecule has 0 saturated carbocycles. The Labute approximate surface area is 196 Å². The quantitative estimate of drug-likeness (QED) is 0.355. The van der Waals surface area contributed by atoms with Crippen LogP contribution in [0.25, 0.3) is 0 Å². The molecule has 0 bridgehead atoms. The Bertz CT molecular complexity index is 676. The Morgan fingerprint density at radius 3 is 1.94 bits per heavy atom. The molecule has 2 amide bonds. The number of nitrogens with zero attached hydrogens (tertiary/aromatic N) is 1. The van der Waals surface area contributed by atoms with Gasteiger partial charge in [0, 0.05) is 18.0 Å². The molecule has 0 aromatic carbocycles. The lowest BCUT2D eigenvalue weighted by atomic mass is 9.77. The van der Waals surface area contributed by atoms with Gasteiger partial charge in [0.2, 0.25) is 11.8 Å². The third kappa shape index (κ3) is 8.59. The molecule has 32 heavy (non-hydrogen) atoms. The number of nitrogens with one attached hydrogen (secondary N) is 1. The van der Waals surface area contributed by atoms with Crippen molar-refractivity contribution in [2.24, 2.45) is 22.7 Å². The molecular formula is C26H48N2O4. The van der Waals surface area contributed by atoms with Crippen LogP contribution in [0.1, 0.15) is 89.0 Å². The molecule has 0 heterocycles. The zero-order chi connectivity index (χ0) is 25.4. The first-order chi connectivity index (χ1) is 14.5. The van der Waals surface area contributed by atoms with Crippen LogP contribution in [-0.4, -0.2) is 48.4 Å². The summed E-state index contributed by atoms with van der Waals surface area (Å²) in [6, 6.07) is -0.988. The summed E-state index contributed by atoms with van der Waals surface area (Å²) in [5, 5.41) is 3.08. The molecule has 0 aromatic rings. The second-order valence-electron chi connectivity index (χ2n) is 11.0. The molecule has 3 atom stereocenters. The summed E-state index contributed by atoms with van der Waals surface area (Å²) in [6.07, 6.45) is 3.25. The maximum Gasteiger partial charge on any atom is 0.333 e. The summed E-state index contributed by atoms with van der Waals surface area (Å²) in [5.74, 6) is -0.188. The fourth-order valence-electron chi connectivity index (χ4n) is 3.92. The minimum absolute atomic E-state index is 0.0755. The van der Waals surface area contributed by atoms with Crippen molar-refractivity contribution >= 4 is 17.8 Å². The molecular weight excluding hydrogens is 404 g/mol. The SMILES string of the molecule is CCOC(=O)/C(C)=C/[C@H](C(C)C)N(C)C(=O)[C@@H](NC(=O)C(C)(CC)CC(C)C)C(C)(C)C. The summed E-state index contributed by atoms with van der Waals surface area (Å²) in [4.78, 5) is 40.7. The van der Waals surface area contributed by atoms with Gasteiger partial charge in [-0.3, -0.25) is 9.59 Å². The molecule has 1 N–H and O–H groups in total. The zero-order valence-corrected chi connectivity index (χ0v) is 22.6. The third-order valence-corrected chi connectivity index (χ3v) is 6.07. The maximum atomic E-state index is 13.7. The Morgan fingerprint density at radius 2 is 1.56 bits per heavy atom. The average Bonchev–Trinajstić information content (AvgIpc) is 2.66. The zero-order valence-electron chi connectivity index (χ0n) is 22.6. The first kappa shape index (κ1) is 30.1. The molecule has 186 valence electrons. The van der Waals surface area contributed by atoms with Crippen LogP contribution in [0.2, 0.25) is 0 Å². The highest BCUT2D eigenvalue weighted by Crippen LogP contribution is 2.32. The minimum atomic E-state index is -0.685. The number of amides is 2. The van der Waals surface area contributed by atoms with Crippen molar-refractivity contribution < 1.29 is 19.1 Å². The van der Waals surface area contributed by atoms with Gasteiger partial charge in [-0.1, -0.05) is 68.4 Å². The van der Waals surface area contributed by atoms with Crippen LogP contribution in [0.15, 0.2) is 11.6 Å². The van der Waals surface area contributed by atoms with Gasteiger partial charge < -0.3 is 15.0 Å². The molecule has 0 fully saturated rings. The van der Waals surface area contributed by atoms with E-state index in [1.54, 1.807) is 31.9 Å². The Hall–Kier alpha value is -1.85. The lowest BCUT2D eigenvalue weighted by Crippen LogP contribution is -2.58. The molecule has 0 saturated heterocycles. The summed E-state index contributed by atoms with van der Waals surface area (Å²) in [7, 11) is 1.74. The van der Waals surface area contributed by atoms with E-state index in [4.69, 9.17) is 4.74 Å². The molecule has 0 rings (SSSR count). The molecule has 1 unspecified atom stereocenters. The van der Waals surface area contributed by atoms with E-state index in [1.165, 1.54) is 0 Å². The Kier molecular flexibility index (Phi) is 11.7. The summed E-state index contributed by atoms with van der Waals surface area (Å²) in [6.45, 7) is 21.8. The van der Waals surface area contributed by atoms with E-state index in [-0.39, 0.29) is 29.7 Å². The summed E-state index contributed by atoms with van der Waals surface area (Å²) in [5.41, 5.74) is -0.541. The van der Waals surface area contributed by atoms with Crippen molar-refractivity contribution in [1.29, 1.82) is 0 Å². The number of hydrogen-bond acceptors (Lipinski definition) is 4. The van der Waals surface area contributed by atoms with Crippen molar-refractivity contribution in [3.05, 3.63) is 11.6 Å². The van der Waals surface area contributed by atoms with Gasteiger partial charge in [0.15, 0.2) is 0 Å². The topological polar surface area (TPSA) is 75.7 Å². The molecule has 0 aromatic heterocycles. The first-order valence-electron chi connectivity index (χ1n) is 11.9. The minimum Gasteiger partial charge on any atom is -0.463 e. The van der Waals surface area contributed by atoms with Gasteiger partial charge in [-0.2, -0.15) is 0 Å². The number of ether oxygens (including phenoxy) is 1.